The molecule has 1 saturated carbocycles. The van der Waals surface area contributed by atoms with Crippen LogP contribution in [0.4, 0.5) is 16.2 Å². The lowest BCUT2D eigenvalue weighted by Crippen LogP contribution is -2.35. The first kappa shape index (κ1) is 29.0. The average Bonchev–Trinajstić information content (AvgIpc) is 2.98. The average molecular weight is 599 g/mol. The Morgan fingerprint density at radius 1 is 1.07 bits per heavy atom. The molecule has 0 unspecified atom stereocenters. The summed E-state index contributed by atoms with van der Waals surface area (Å²) in [4.78, 5) is 13.3. The molecule has 0 saturated heterocycles. The molecular weight excluding hydrogens is 567 g/mol. The van der Waals surface area contributed by atoms with E-state index in [1.165, 1.54) is 31.4 Å². The minimum Gasteiger partial charge on any atom is -0.480 e. The van der Waals surface area contributed by atoms with Gasteiger partial charge in [-0.3, -0.25) is 4.72 Å². The largest absolute Gasteiger partial charge is 0.480 e. The van der Waals surface area contributed by atoms with Gasteiger partial charge in [-0.2, -0.15) is 4.98 Å². The Hall–Kier alpha value is -3.54. The quantitative estimate of drug-likeness (QED) is 0.221. The Balaban J connectivity index is 1.45. The van der Waals surface area contributed by atoms with Crippen LogP contribution < -0.4 is 20.1 Å². The SMILES string of the molecule is CCc1cc(-c2cc(F)c(NS(=O)(=O)c3ccccc3Cl)nc2OC)cc2cnc(NC3CCC(NC)CC3)nc12. The van der Waals surface area contributed by atoms with E-state index in [1.807, 2.05) is 26.1 Å². The van der Waals surface area contributed by atoms with E-state index in [0.717, 1.165) is 42.1 Å². The Labute approximate surface area is 244 Å². The number of aryl methyl sites for hydroxylation is 1. The van der Waals surface area contributed by atoms with Crippen LogP contribution in [0.3, 0.4) is 0 Å². The zero-order valence-electron chi connectivity index (χ0n) is 23.0. The summed E-state index contributed by atoms with van der Waals surface area (Å²) < 4.78 is 48.7. The zero-order valence-corrected chi connectivity index (χ0v) is 24.6. The Morgan fingerprint density at radius 2 is 1.80 bits per heavy atom. The molecule has 5 rings (SSSR count). The van der Waals surface area contributed by atoms with Crippen molar-refractivity contribution in [1.82, 2.24) is 20.3 Å². The molecule has 4 aromatic rings. The summed E-state index contributed by atoms with van der Waals surface area (Å²) in [5.41, 5.74) is 2.78. The predicted molar refractivity (Wildman–Crippen MR) is 160 cm³/mol. The second-order valence-corrected chi connectivity index (χ2v) is 12.1. The molecule has 0 aliphatic heterocycles. The number of halogens is 2. The molecule has 1 aliphatic rings. The topological polar surface area (TPSA) is 118 Å². The van der Waals surface area contributed by atoms with Crippen molar-refractivity contribution in [2.24, 2.45) is 0 Å². The summed E-state index contributed by atoms with van der Waals surface area (Å²) in [6, 6.07) is 11.8. The van der Waals surface area contributed by atoms with E-state index in [9.17, 15) is 8.42 Å². The first-order valence-electron chi connectivity index (χ1n) is 13.5. The van der Waals surface area contributed by atoms with Gasteiger partial charge in [-0.1, -0.05) is 30.7 Å². The smallest absolute Gasteiger partial charge is 0.264 e. The van der Waals surface area contributed by atoms with Crippen molar-refractivity contribution in [1.29, 1.82) is 0 Å². The summed E-state index contributed by atoms with van der Waals surface area (Å²) >= 11 is 6.05. The monoisotopic (exact) mass is 598 g/mol. The number of nitrogens with zero attached hydrogens (tertiary/aromatic N) is 3. The molecule has 2 aromatic heterocycles. The maximum Gasteiger partial charge on any atom is 0.264 e. The number of methoxy groups -OCH3 is 1. The number of anilines is 2. The second-order valence-electron chi connectivity index (χ2n) is 10.0. The predicted octanol–water partition coefficient (Wildman–Crippen LogP) is 5.80. The van der Waals surface area contributed by atoms with Crippen LogP contribution in [0.25, 0.3) is 22.0 Å². The van der Waals surface area contributed by atoms with Gasteiger partial charge in [0.25, 0.3) is 10.0 Å². The molecule has 9 nitrogen and oxygen atoms in total. The molecule has 1 aliphatic carbocycles. The molecule has 0 atom stereocenters. The van der Waals surface area contributed by atoms with E-state index in [-0.39, 0.29) is 15.8 Å². The fourth-order valence-electron chi connectivity index (χ4n) is 5.17. The number of fused-ring (bicyclic) bond motifs is 1. The summed E-state index contributed by atoms with van der Waals surface area (Å²) in [5.74, 6) is -0.711. The summed E-state index contributed by atoms with van der Waals surface area (Å²) in [6.07, 6.45) is 6.76. The van der Waals surface area contributed by atoms with Gasteiger partial charge in [-0.05, 0) is 80.6 Å². The lowest BCUT2D eigenvalue weighted by molar-refractivity contribution is 0.370. The molecule has 0 spiro atoms. The maximum atomic E-state index is 15.3. The van der Waals surface area contributed by atoms with E-state index < -0.39 is 21.7 Å². The standard InChI is InChI=1S/C29H32ClFN6O3S/c1-4-17-13-18(14-19-16-33-29(35-26(17)19)34-21-11-9-20(32-2)10-12-21)22-15-24(31)27(36-28(22)40-3)37-41(38,39)25-8-6-5-7-23(25)30/h5-8,13-16,20-21,32H,4,9-12H2,1-3H3,(H,36,37)(H,33,34,35). The van der Waals surface area contributed by atoms with Crippen LogP contribution in [0.5, 0.6) is 5.88 Å². The van der Waals surface area contributed by atoms with Crippen LogP contribution in [0.2, 0.25) is 5.02 Å². The van der Waals surface area contributed by atoms with Crippen LogP contribution in [-0.4, -0.2) is 49.6 Å². The van der Waals surface area contributed by atoms with Crippen LogP contribution in [-0.2, 0) is 16.4 Å². The third kappa shape index (κ3) is 6.22. The van der Waals surface area contributed by atoms with Crippen molar-refractivity contribution >= 4 is 44.3 Å². The fourth-order valence-corrected chi connectivity index (χ4v) is 6.70. The van der Waals surface area contributed by atoms with E-state index in [4.69, 9.17) is 21.3 Å². The first-order chi connectivity index (χ1) is 19.7. The Morgan fingerprint density at radius 3 is 2.49 bits per heavy atom. The van der Waals surface area contributed by atoms with Gasteiger partial charge < -0.3 is 15.4 Å². The number of sulfonamides is 1. The van der Waals surface area contributed by atoms with Gasteiger partial charge >= 0.3 is 0 Å². The molecular formula is C29H32ClFN6O3S. The van der Waals surface area contributed by atoms with Crippen LogP contribution >= 0.6 is 11.6 Å². The van der Waals surface area contributed by atoms with Crippen molar-refractivity contribution in [3.8, 4) is 17.0 Å². The summed E-state index contributed by atoms with van der Waals surface area (Å²) in [5, 5.41) is 7.63. The Kier molecular flexibility index (Phi) is 8.58. The van der Waals surface area contributed by atoms with Crippen molar-refractivity contribution in [3.05, 3.63) is 65.1 Å². The Bertz CT molecular complexity index is 1680. The van der Waals surface area contributed by atoms with Gasteiger partial charge in [-0.25, -0.2) is 22.8 Å². The van der Waals surface area contributed by atoms with E-state index in [2.05, 4.69) is 25.3 Å². The molecule has 2 aromatic carbocycles. The lowest BCUT2D eigenvalue weighted by atomic mass is 9.91. The first-order valence-corrected chi connectivity index (χ1v) is 15.3. The molecule has 216 valence electrons. The fraction of sp³-hybridized carbons (Fsp3) is 0.345. The highest BCUT2D eigenvalue weighted by molar-refractivity contribution is 7.92. The number of benzene rings is 2. The number of hydrogen-bond donors (Lipinski definition) is 3. The third-order valence-electron chi connectivity index (χ3n) is 7.41. The van der Waals surface area contributed by atoms with Crippen molar-refractivity contribution in [3.63, 3.8) is 0 Å². The van der Waals surface area contributed by atoms with E-state index in [1.54, 1.807) is 12.3 Å². The van der Waals surface area contributed by atoms with Crippen molar-refractivity contribution in [2.75, 3.05) is 24.2 Å². The number of rotatable bonds is 9. The molecule has 2 heterocycles. The van der Waals surface area contributed by atoms with Crippen molar-refractivity contribution < 1.29 is 17.5 Å². The normalized spacial score (nSPS) is 17.4. The molecule has 0 radical (unpaired) electrons. The summed E-state index contributed by atoms with van der Waals surface area (Å²) in [6.45, 7) is 2.02. The molecule has 12 heteroatoms. The molecule has 0 bridgehead atoms. The number of ether oxygens (including phenoxy) is 1. The van der Waals surface area contributed by atoms with Gasteiger partial charge in [0.05, 0.1) is 17.6 Å². The highest BCUT2D eigenvalue weighted by Gasteiger charge is 2.24. The van der Waals surface area contributed by atoms with Crippen LogP contribution in [0, 0.1) is 5.82 Å². The number of pyridine rings is 1. The second kappa shape index (κ2) is 12.1. The highest BCUT2D eigenvalue weighted by Crippen LogP contribution is 2.36. The minimum atomic E-state index is -4.19. The van der Waals surface area contributed by atoms with Gasteiger partial charge in [-0.15, -0.1) is 0 Å². The molecule has 1 fully saturated rings. The third-order valence-corrected chi connectivity index (χ3v) is 9.25. The van der Waals surface area contributed by atoms with Gasteiger partial charge in [0.2, 0.25) is 11.8 Å². The highest BCUT2D eigenvalue weighted by atomic mass is 35.5. The molecule has 3 N–H and O–H groups in total. The van der Waals surface area contributed by atoms with Gasteiger partial charge in [0.1, 0.15) is 4.90 Å². The van der Waals surface area contributed by atoms with Crippen molar-refractivity contribution in [2.45, 2.75) is 56.0 Å². The lowest BCUT2D eigenvalue weighted by Gasteiger charge is -2.28. The minimum absolute atomic E-state index is 0.00833. The maximum absolute atomic E-state index is 15.3. The van der Waals surface area contributed by atoms with Crippen LogP contribution in [0.1, 0.15) is 38.2 Å². The van der Waals surface area contributed by atoms with E-state index >= 15 is 4.39 Å². The van der Waals surface area contributed by atoms with Crippen LogP contribution in [0.15, 0.2) is 53.6 Å². The summed E-state index contributed by atoms with van der Waals surface area (Å²) in [7, 11) is -0.798. The molecule has 0 amide bonds. The zero-order chi connectivity index (χ0) is 29.1. The number of aromatic nitrogens is 3. The molecule has 41 heavy (non-hydrogen) atoms. The van der Waals surface area contributed by atoms with Gasteiger partial charge in [0, 0.05) is 29.2 Å². The van der Waals surface area contributed by atoms with Gasteiger partial charge in [0.15, 0.2) is 11.6 Å². The number of hydrogen-bond acceptors (Lipinski definition) is 8. The number of nitrogens with one attached hydrogen (secondary N) is 3. The van der Waals surface area contributed by atoms with E-state index in [0.29, 0.717) is 35.6 Å².